The van der Waals surface area contributed by atoms with E-state index in [2.05, 4.69) is 57.5 Å². The van der Waals surface area contributed by atoms with Crippen LogP contribution in [-0.2, 0) is 6.42 Å². The minimum Gasteiger partial charge on any atom is -0.496 e. The molecule has 0 radical (unpaired) electrons. The van der Waals surface area contributed by atoms with Gasteiger partial charge in [0.15, 0.2) is 0 Å². The van der Waals surface area contributed by atoms with E-state index < -0.39 is 0 Å². The van der Waals surface area contributed by atoms with E-state index in [1.54, 1.807) is 13.4 Å². The number of hydrogen-bond donors (Lipinski definition) is 0. The van der Waals surface area contributed by atoms with Crippen molar-refractivity contribution in [3.63, 3.8) is 0 Å². The Kier molecular flexibility index (Phi) is 5.17. The highest BCUT2D eigenvalue weighted by atomic mass is 127. The summed E-state index contributed by atoms with van der Waals surface area (Å²) >= 11 is 2.26. The lowest BCUT2D eigenvalue weighted by molar-refractivity contribution is 0.408. The number of rotatable bonds is 5. The summed E-state index contributed by atoms with van der Waals surface area (Å²) in [6, 6.07) is 8.45. The molecule has 0 saturated carbocycles. The van der Waals surface area contributed by atoms with Gasteiger partial charge in [0.2, 0.25) is 0 Å². The normalized spacial score (nSPS) is 12.0. The molecule has 20 heavy (non-hydrogen) atoms. The molecular weight excluding hydrogens is 365 g/mol. The first-order valence-corrected chi connectivity index (χ1v) is 7.51. The van der Waals surface area contributed by atoms with Crippen LogP contribution in [0.1, 0.15) is 12.5 Å². The second-order valence-electron chi connectivity index (χ2n) is 4.67. The maximum atomic E-state index is 5.41. The van der Waals surface area contributed by atoms with Crippen molar-refractivity contribution >= 4 is 28.4 Å². The topological polar surface area (TPSA) is 38.2 Å². The van der Waals surface area contributed by atoms with Gasteiger partial charge >= 0.3 is 0 Å². The summed E-state index contributed by atoms with van der Waals surface area (Å²) in [6.07, 6.45) is 4.32. The molecule has 0 aliphatic carbocycles. The zero-order chi connectivity index (χ0) is 14.5. The fourth-order valence-electron chi connectivity index (χ4n) is 2.10. The Bertz CT molecular complexity index is 577. The quantitative estimate of drug-likeness (QED) is 0.744. The minimum atomic E-state index is 0.315. The molecule has 1 atom stereocenters. The molecule has 0 bridgehead atoms. The summed E-state index contributed by atoms with van der Waals surface area (Å²) in [7, 11) is 3.77. The number of hydrogen-bond acceptors (Lipinski definition) is 4. The first-order valence-electron chi connectivity index (χ1n) is 6.43. The number of para-hydroxylation sites is 1. The lowest BCUT2D eigenvalue weighted by Gasteiger charge is -2.27. The summed E-state index contributed by atoms with van der Waals surface area (Å²) in [4.78, 5) is 10.6. The highest BCUT2D eigenvalue weighted by molar-refractivity contribution is 14.1. The van der Waals surface area contributed by atoms with Crippen molar-refractivity contribution in [2.24, 2.45) is 0 Å². The second kappa shape index (κ2) is 6.88. The van der Waals surface area contributed by atoms with Gasteiger partial charge in [-0.15, -0.1) is 0 Å². The van der Waals surface area contributed by atoms with Gasteiger partial charge in [0.25, 0.3) is 0 Å². The van der Waals surface area contributed by atoms with Crippen LogP contribution in [0, 0.1) is 3.57 Å². The minimum absolute atomic E-state index is 0.315. The van der Waals surface area contributed by atoms with Gasteiger partial charge in [0.05, 0.1) is 10.7 Å². The van der Waals surface area contributed by atoms with Crippen molar-refractivity contribution in [1.82, 2.24) is 9.97 Å². The third kappa shape index (κ3) is 3.39. The summed E-state index contributed by atoms with van der Waals surface area (Å²) in [5.74, 6) is 1.90. The summed E-state index contributed by atoms with van der Waals surface area (Å²) in [5, 5.41) is 0. The van der Waals surface area contributed by atoms with Crippen LogP contribution in [0.2, 0.25) is 0 Å². The third-order valence-corrected chi connectivity index (χ3v) is 4.11. The zero-order valence-corrected chi connectivity index (χ0v) is 14.0. The number of aromatic nitrogens is 2. The molecule has 2 rings (SSSR count). The number of methoxy groups -OCH3 is 1. The van der Waals surface area contributed by atoms with Crippen molar-refractivity contribution in [2.75, 3.05) is 19.1 Å². The van der Waals surface area contributed by atoms with Crippen LogP contribution in [0.4, 0.5) is 5.82 Å². The van der Waals surface area contributed by atoms with Crippen LogP contribution >= 0.6 is 22.6 Å². The monoisotopic (exact) mass is 383 g/mol. The Morgan fingerprint density at radius 2 is 2.10 bits per heavy atom. The van der Waals surface area contributed by atoms with Crippen LogP contribution < -0.4 is 9.64 Å². The van der Waals surface area contributed by atoms with Crippen molar-refractivity contribution in [3.05, 3.63) is 45.9 Å². The van der Waals surface area contributed by atoms with Crippen LogP contribution in [0.3, 0.4) is 0 Å². The fourth-order valence-corrected chi connectivity index (χ4v) is 2.78. The Morgan fingerprint density at radius 3 is 2.80 bits per heavy atom. The molecule has 4 nitrogen and oxygen atoms in total. The Balaban J connectivity index is 2.16. The van der Waals surface area contributed by atoms with E-state index in [0.29, 0.717) is 6.04 Å². The molecule has 0 fully saturated rings. The molecule has 1 aromatic heterocycles. The van der Waals surface area contributed by atoms with Crippen molar-refractivity contribution < 1.29 is 4.74 Å². The van der Waals surface area contributed by atoms with Gasteiger partial charge in [-0.2, -0.15) is 0 Å². The van der Waals surface area contributed by atoms with Gasteiger partial charge < -0.3 is 9.64 Å². The van der Waals surface area contributed by atoms with E-state index >= 15 is 0 Å². The Morgan fingerprint density at radius 1 is 1.35 bits per heavy atom. The largest absolute Gasteiger partial charge is 0.496 e. The van der Waals surface area contributed by atoms with Crippen molar-refractivity contribution in [3.8, 4) is 5.75 Å². The van der Waals surface area contributed by atoms with Gasteiger partial charge in [0, 0.05) is 19.3 Å². The first-order chi connectivity index (χ1) is 9.63. The number of anilines is 1. The van der Waals surface area contributed by atoms with Crippen LogP contribution in [-0.4, -0.2) is 30.2 Å². The van der Waals surface area contributed by atoms with Crippen LogP contribution in [0.5, 0.6) is 5.75 Å². The van der Waals surface area contributed by atoms with Gasteiger partial charge in [-0.05, 0) is 47.6 Å². The molecular formula is C15H18IN3O. The fraction of sp³-hybridized carbons (Fsp3) is 0.333. The molecule has 2 aromatic rings. The number of ether oxygens (including phenoxy) is 1. The van der Waals surface area contributed by atoms with E-state index in [1.807, 2.05) is 24.4 Å². The van der Waals surface area contributed by atoms with Gasteiger partial charge in [-0.1, -0.05) is 18.2 Å². The summed E-state index contributed by atoms with van der Waals surface area (Å²) < 4.78 is 6.46. The second-order valence-corrected chi connectivity index (χ2v) is 5.83. The molecule has 0 spiro atoms. The predicted octanol–water partition coefficient (Wildman–Crippen LogP) is 3.16. The van der Waals surface area contributed by atoms with Gasteiger partial charge in [-0.3, -0.25) is 0 Å². The number of likely N-dealkylation sites (N-methyl/N-ethyl adjacent to an activating group) is 1. The molecule has 0 aliphatic rings. The van der Waals surface area contributed by atoms with E-state index in [9.17, 15) is 0 Å². The lowest BCUT2D eigenvalue weighted by atomic mass is 10.1. The Labute approximate surface area is 133 Å². The van der Waals surface area contributed by atoms with E-state index in [1.165, 1.54) is 5.56 Å². The maximum absolute atomic E-state index is 5.41. The van der Waals surface area contributed by atoms with Crippen molar-refractivity contribution in [2.45, 2.75) is 19.4 Å². The Hall–Kier alpha value is -1.37. The number of halogens is 1. The molecule has 106 valence electrons. The van der Waals surface area contributed by atoms with E-state index in [-0.39, 0.29) is 0 Å². The van der Waals surface area contributed by atoms with Crippen molar-refractivity contribution in [1.29, 1.82) is 0 Å². The predicted molar refractivity (Wildman–Crippen MR) is 89.3 cm³/mol. The molecule has 1 heterocycles. The molecule has 0 amide bonds. The molecule has 5 heteroatoms. The number of nitrogens with zero attached hydrogens (tertiary/aromatic N) is 3. The smallest absolute Gasteiger partial charge is 0.145 e. The first kappa shape index (κ1) is 15.0. The summed E-state index contributed by atoms with van der Waals surface area (Å²) in [5.41, 5.74) is 1.21. The SMILES string of the molecule is COc1ccccc1CC(C)N(C)c1ncncc1I. The standard InChI is InChI=1S/C15H18IN3O/c1-11(8-12-6-4-5-7-14(12)20-3)19(2)15-13(16)9-17-10-18-15/h4-7,9-11H,8H2,1-3H3. The van der Waals surface area contributed by atoms with Crippen LogP contribution in [0.15, 0.2) is 36.8 Å². The number of benzene rings is 1. The maximum Gasteiger partial charge on any atom is 0.145 e. The highest BCUT2D eigenvalue weighted by Crippen LogP contribution is 2.23. The average Bonchev–Trinajstić information content (AvgIpc) is 2.47. The van der Waals surface area contributed by atoms with E-state index in [0.717, 1.165) is 21.6 Å². The lowest BCUT2D eigenvalue weighted by Crippen LogP contribution is -2.32. The average molecular weight is 383 g/mol. The van der Waals surface area contributed by atoms with Gasteiger partial charge in [0.1, 0.15) is 17.9 Å². The summed E-state index contributed by atoms with van der Waals surface area (Å²) in [6.45, 7) is 2.19. The van der Waals surface area contributed by atoms with Gasteiger partial charge in [-0.25, -0.2) is 9.97 Å². The van der Waals surface area contributed by atoms with E-state index in [4.69, 9.17) is 4.74 Å². The van der Waals surface area contributed by atoms with Crippen LogP contribution in [0.25, 0.3) is 0 Å². The zero-order valence-electron chi connectivity index (χ0n) is 11.9. The molecule has 0 N–H and O–H groups in total. The molecule has 0 aliphatic heterocycles. The molecule has 1 aromatic carbocycles. The molecule has 0 saturated heterocycles. The highest BCUT2D eigenvalue weighted by Gasteiger charge is 2.16. The third-order valence-electron chi connectivity index (χ3n) is 3.35. The molecule has 1 unspecified atom stereocenters.